The molecule has 1 saturated carbocycles. The summed E-state index contributed by atoms with van der Waals surface area (Å²) in [4.78, 5) is 18.6. The van der Waals surface area contributed by atoms with E-state index in [0.29, 0.717) is 41.9 Å². The van der Waals surface area contributed by atoms with E-state index in [-0.39, 0.29) is 23.4 Å². The first-order valence-electron chi connectivity index (χ1n) is 19.2. The molecule has 0 aromatic heterocycles. The summed E-state index contributed by atoms with van der Waals surface area (Å²) in [6.45, 7) is 13.7. The van der Waals surface area contributed by atoms with Gasteiger partial charge in [-0.05, 0) is 111 Å². The van der Waals surface area contributed by atoms with Gasteiger partial charge >= 0.3 is 0 Å². The topological polar surface area (TPSA) is 63.3 Å². The first-order valence-corrected chi connectivity index (χ1v) is 21.1. The molecule has 2 bridgehead atoms. The predicted molar refractivity (Wildman–Crippen MR) is 209 cm³/mol. The average molecular weight is 726 g/mol. The number of halogens is 1. The molecule has 276 valence electrons. The summed E-state index contributed by atoms with van der Waals surface area (Å²) in [5.74, 6) is 7.23. The van der Waals surface area contributed by atoms with Gasteiger partial charge in [-0.3, -0.25) is 9.69 Å². The summed E-state index contributed by atoms with van der Waals surface area (Å²) in [6.07, 6.45) is 8.80. The highest BCUT2D eigenvalue weighted by atomic mass is 35.5. The molecule has 0 radical (unpaired) electrons. The zero-order valence-electron chi connectivity index (χ0n) is 31.0. The molecule has 50 heavy (non-hydrogen) atoms. The standard InChI is InChI=1S/C41H60ClN3O4S/c1-7-9-12-29-20-33(42)16-18-35(29)32-23-45-22-31-14-17-36(31)37(41-48-25-34(26-49-41)44(5)8-2)13-10-11-27(3)28(4)50(6)43-40(46)30-15-19-39(47-24-32)38(45)21-30/h15-16,18-21,27-28,31-32,34,36-37,41H,6-14,17,22-26H2,1-5H3,(H,43,46). The number of anilines is 1. The number of rotatable bonds is 7. The molecule has 7 unspecified atom stereocenters. The van der Waals surface area contributed by atoms with Crippen LogP contribution < -0.4 is 14.4 Å². The van der Waals surface area contributed by atoms with Crippen LogP contribution in [0.15, 0.2) is 36.4 Å². The number of unbranched alkanes of at least 4 members (excludes halogenated alkanes) is 1. The van der Waals surface area contributed by atoms with Crippen molar-refractivity contribution in [1.82, 2.24) is 9.62 Å². The summed E-state index contributed by atoms with van der Waals surface area (Å²) < 4.78 is 23.1. The number of likely N-dealkylation sites (N-methyl/N-ethyl adjacent to an activating group) is 1. The van der Waals surface area contributed by atoms with Gasteiger partial charge in [-0.25, -0.2) is 0 Å². The SMILES string of the molecule is C=S1NC(=O)c2ccc3c(c2)N(CC(c2ccc(Cl)cc2CCCC)CO3)CC2CCC2C(C2OCC(N(C)CC)CO2)CCCC(C)C1C. The Bertz CT molecular complexity index is 1480. The smallest absolute Gasteiger partial charge is 0.260 e. The van der Waals surface area contributed by atoms with Crippen molar-refractivity contribution in [3.8, 4) is 5.75 Å². The van der Waals surface area contributed by atoms with E-state index < -0.39 is 10.7 Å². The fourth-order valence-corrected chi connectivity index (χ4v) is 9.94. The number of amides is 1. The molecule has 0 spiro atoms. The van der Waals surface area contributed by atoms with Gasteiger partial charge in [0, 0.05) is 40.8 Å². The van der Waals surface area contributed by atoms with Gasteiger partial charge in [0.1, 0.15) is 5.75 Å². The largest absolute Gasteiger partial charge is 0.491 e. The highest BCUT2D eigenvalue weighted by Gasteiger charge is 2.44. The molecule has 3 heterocycles. The van der Waals surface area contributed by atoms with Crippen LogP contribution in [0.4, 0.5) is 5.69 Å². The van der Waals surface area contributed by atoms with Crippen LogP contribution in [0, 0.1) is 23.7 Å². The molecule has 9 heteroatoms. The van der Waals surface area contributed by atoms with Crippen molar-refractivity contribution in [2.45, 2.75) is 103 Å². The molecule has 2 aromatic carbocycles. The Morgan fingerprint density at radius 1 is 1.00 bits per heavy atom. The Morgan fingerprint density at radius 3 is 2.52 bits per heavy atom. The lowest BCUT2D eigenvalue weighted by Crippen LogP contribution is -2.51. The maximum atomic E-state index is 13.7. The van der Waals surface area contributed by atoms with E-state index in [2.05, 4.69) is 73.3 Å². The zero-order chi connectivity index (χ0) is 35.4. The molecule has 2 fully saturated rings. The number of ether oxygens (including phenoxy) is 3. The van der Waals surface area contributed by atoms with E-state index in [1.807, 2.05) is 18.2 Å². The lowest BCUT2D eigenvalue weighted by atomic mass is 9.65. The minimum Gasteiger partial charge on any atom is -0.491 e. The van der Waals surface area contributed by atoms with Crippen molar-refractivity contribution in [2.75, 3.05) is 51.4 Å². The first-order chi connectivity index (χ1) is 24.2. The van der Waals surface area contributed by atoms with Gasteiger partial charge in [0.2, 0.25) is 0 Å². The third-order valence-corrected chi connectivity index (χ3v) is 14.4. The van der Waals surface area contributed by atoms with Gasteiger partial charge < -0.3 is 23.8 Å². The molecular weight excluding hydrogens is 666 g/mol. The second kappa shape index (κ2) is 17.2. The van der Waals surface area contributed by atoms with Crippen LogP contribution in [-0.4, -0.2) is 80.8 Å². The second-order valence-electron chi connectivity index (χ2n) is 15.4. The van der Waals surface area contributed by atoms with Crippen LogP contribution in [0.25, 0.3) is 0 Å². The summed E-state index contributed by atoms with van der Waals surface area (Å²) in [6, 6.07) is 12.7. The van der Waals surface area contributed by atoms with Crippen LogP contribution in [0.3, 0.4) is 0 Å². The van der Waals surface area contributed by atoms with Crippen LogP contribution >= 0.6 is 22.3 Å². The molecule has 6 rings (SSSR count). The number of nitrogens with zero attached hydrogens (tertiary/aromatic N) is 2. The van der Waals surface area contributed by atoms with E-state index in [1.165, 1.54) is 24.0 Å². The molecule has 3 aliphatic heterocycles. The Kier molecular flexibility index (Phi) is 12.9. The summed E-state index contributed by atoms with van der Waals surface area (Å²) >= 11 is 6.54. The normalized spacial score (nSPS) is 32.3. The highest BCUT2D eigenvalue weighted by Crippen LogP contribution is 2.47. The lowest BCUT2D eigenvalue weighted by molar-refractivity contribution is -0.241. The number of carbonyl (C=O) groups is 1. The minimum atomic E-state index is -0.504. The van der Waals surface area contributed by atoms with Gasteiger partial charge in [0.15, 0.2) is 6.29 Å². The van der Waals surface area contributed by atoms with Gasteiger partial charge in [-0.15, -0.1) is 0 Å². The molecule has 1 amide bonds. The van der Waals surface area contributed by atoms with E-state index >= 15 is 0 Å². The van der Waals surface area contributed by atoms with Crippen LogP contribution in [0.5, 0.6) is 5.75 Å². The third kappa shape index (κ3) is 8.57. The van der Waals surface area contributed by atoms with Gasteiger partial charge in [0.25, 0.3) is 5.91 Å². The third-order valence-electron chi connectivity index (χ3n) is 12.3. The quantitative estimate of drug-likeness (QED) is 0.289. The Hall–Kier alpha value is -2.10. The number of fused-ring (bicyclic) bond motifs is 2. The fraction of sp³-hybridized carbons (Fsp3) is 0.659. The van der Waals surface area contributed by atoms with E-state index in [9.17, 15) is 4.79 Å². The van der Waals surface area contributed by atoms with Crippen molar-refractivity contribution in [2.24, 2.45) is 23.7 Å². The minimum absolute atomic E-state index is 0.0576. The number of nitrogens with one attached hydrogen (secondary N) is 1. The monoisotopic (exact) mass is 725 g/mol. The van der Waals surface area contributed by atoms with Crippen molar-refractivity contribution >= 4 is 39.7 Å². The lowest BCUT2D eigenvalue weighted by Gasteiger charge is -2.48. The predicted octanol–water partition coefficient (Wildman–Crippen LogP) is 8.56. The Labute approximate surface area is 308 Å². The van der Waals surface area contributed by atoms with Gasteiger partial charge in [-0.1, -0.05) is 74.7 Å². The molecule has 1 aliphatic carbocycles. The number of hydrogen-bond donors (Lipinski definition) is 1. The van der Waals surface area contributed by atoms with Crippen molar-refractivity contribution < 1.29 is 19.0 Å². The molecule has 1 N–H and O–H groups in total. The Morgan fingerprint density at radius 2 is 1.80 bits per heavy atom. The first kappa shape index (κ1) is 37.7. The zero-order valence-corrected chi connectivity index (χ0v) is 32.6. The molecule has 4 aliphatic rings. The average Bonchev–Trinajstić information content (AvgIpc) is 3.29. The Balaban J connectivity index is 1.33. The van der Waals surface area contributed by atoms with Crippen LogP contribution in [-0.2, 0) is 15.9 Å². The van der Waals surface area contributed by atoms with Gasteiger partial charge in [-0.2, -0.15) is 0 Å². The van der Waals surface area contributed by atoms with E-state index in [0.717, 1.165) is 87.8 Å². The van der Waals surface area contributed by atoms with Crippen molar-refractivity contribution in [3.63, 3.8) is 0 Å². The molecular formula is C41H60ClN3O4S. The number of aryl methyl sites for hydroxylation is 1. The molecule has 7 atom stereocenters. The summed E-state index contributed by atoms with van der Waals surface area (Å²) in [5, 5.41) is 1.06. The maximum absolute atomic E-state index is 13.7. The number of hydrogen-bond acceptors (Lipinski definition) is 6. The van der Waals surface area contributed by atoms with Crippen LogP contribution in [0.1, 0.15) is 100 Å². The number of carbonyl (C=O) groups excluding carboxylic acids is 1. The fourth-order valence-electron chi connectivity index (χ4n) is 8.50. The summed E-state index contributed by atoms with van der Waals surface area (Å²) in [7, 11) is 1.65. The molecule has 7 nitrogen and oxygen atoms in total. The molecule has 1 saturated heterocycles. The highest BCUT2D eigenvalue weighted by molar-refractivity contribution is 8.13. The van der Waals surface area contributed by atoms with E-state index in [4.69, 9.17) is 25.8 Å². The van der Waals surface area contributed by atoms with Crippen molar-refractivity contribution in [1.29, 1.82) is 0 Å². The van der Waals surface area contributed by atoms with Crippen molar-refractivity contribution in [3.05, 3.63) is 58.1 Å². The second-order valence-corrected chi connectivity index (χ2v) is 17.7. The van der Waals surface area contributed by atoms with Crippen LogP contribution in [0.2, 0.25) is 5.02 Å². The summed E-state index contributed by atoms with van der Waals surface area (Å²) in [5.41, 5.74) is 4.32. The van der Waals surface area contributed by atoms with E-state index in [1.54, 1.807) is 0 Å². The van der Waals surface area contributed by atoms with Gasteiger partial charge in [0.05, 0.1) is 31.5 Å². The maximum Gasteiger partial charge on any atom is 0.260 e. The molecule has 2 aromatic rings. The number of benzene rings is 2.